The van der Waals surface area contributed by atoms with Gasteiger partial charge in [-0.25, -0.2) is 13.4 Å². The number of halogens is 1. The van der Waals surface area contributed by atoms with Crippen molar-refractivity contribution >= 4 is 21.8 Å². The molecule has 4 rings (SSSR count). The molecule has 0 spiro atoms. The number of carbonyl (C=O) groups is 1. The van der Waals surface area contributed by atoms with Crippen LogP contribution in [0.3, 0.4) is 0 Å². The van der Waals surface area contributed by atoms with Gasteiger partial charge in [-0.05, 0) is 31.0 Å². The SMILES string of the molecule is CN1C[C@@H]2C(C#Cc3ccc(O)c(N4CC(=O)NS4(=O)=O)c3F)[C@@H]2C1. The molecule has 1 aromatic carbocycles. The molecule has 2 heterocycles. The van der Waals surface area contributed by atoms with E-state index < -0.39 is 39.9 Å². The number of aromatic hydroxyl groups is 1. The van der Waals surface area contributed by atoms with Crippen LogP contribution >= 0.6 is 0 Å². The third-order valence-electron chi connectivity index (χ3n) is 4.91. The first-order chi connectivity index (χ1) is 11.8. The van der Waals surface area contributed by atoms with Crippen molar-refractivity contribution in [3.05, 3.63) is 23.5 Å². The van der Waals surface area contributed by atoms with E-state index in [2.05, 4.69) is 16.7 Å². The molecule has 2 saturated heterocycles. The van der Waals surface area contributed by atoms with Gasteiger partial charge in [-0.15, -0.1) is 0 Å². The lowest BCUT2D eigenvalue weighted by Gasteiger charge is -2.17. The van der Waals surface area contributed by atoms with Crippen LogP contribution < -0.4 is 9.03 Å². The molecule has 1 aromatic rings. The Bertz CT molecular complexity index is 925. The molecule has 0 bridgehead atoms. The third kappa shape index (κ3) is 2.62. The van der Waals surface area contributed by atoms with Crippen LogP contribution in [0.15, 0.2) is 12.1 Å². The second-order valence-electron chi connectivity index (χ2n) is 6.68. The number of rotatable bonds is 1. The van der Waals surface area contributed by atoms with Crippen LogP contribution in [-0.4, -0.2) is 51.0 Å². The standard InChI is InChI=1S/C16H16FN3O4S/c1-19-6-11-10(12(11)7-19)4-2-9-3-5-13(21)16(15(9)17)20-8-14(22)18-25(20,23)24/h3,5,10-12,21H,6-8H2,1H3,(H,18,22)/t10?,11-,12+. The lowest BCUT2D eigenvalue weighted by Crippen LogP contribution is -2.30. The predicted octanol–water partition coefficient (Wildman–Crippen LogP) is -0.129. The number of benzene rings is 1. The largest absolute Gasteiger partial charge is 0.506 e. The van der Waals surface area contributed by atoms with Gasteiger partial charge in [-0.3, -0.25) is 4.79 Å². The van der Waals surface area contributed by atoms with Gasteiger partial charge in [0.15, 0.2) is 5.82 Å². The van der Waals surface area contributed by atoms with Gasteiger partial charge in [0, 0.05) is 19.0 Å². The second-order valence-corrected chi connectivity index (χ2v) is 8.27. The first-order valence-corrected chi connectivity index (χ1v) is 9.27. The molecule has 2 aliphatic heterocycles. The molecule has 3 aliphatic rings. The van der Waals surface area contributed by atoms with E-state index >= 15 is 0 Å². The predicted molar refractivity (Wildman–Crippen MR) is 87.3 cm³/mol. The van der Waals surface area contributed by atoms with E-state index in [1.165, 1.54) is 12.1 Å². The first-order valence-electron chi connectivity index (χ1n) is 7.83. The fraction of sp³-hybridized carbons (Fsp3) is 0.438. The van der Waals surface area contributed by atoms with Crippen molar-refractivity contribution in [3.63, 3.8) is 0 Å². The fourth-order valence-corrected chi connectivity index (χ4v) is 4.81. The molecule has 1 saturated carbocycles. The van der Waals surface area contributed by atoms with Gasteiger partial charge in [0.1, 0.15) is 18.0 Å². The summed E-state index contributed by atoms with van der Waals surface area (Å²) in [6.07, 6.45) is 0. The highest BCUT2D eigenvalue weighted by atomic mass is 32.2. The fourth-order valence-electron chi connectivity index (χ4n) is 3.65. The summed E-state index contributed by atoms with van der Waals surface area (Å²) in [6.45, 7) is 1.38. The number of likely N-dealkylation sites (tertiary alicyclic amines) is 1. The minimum absolute atomic E-state index is 0.000627. The summed E-state index contributed by atoms with van der Waals surface area (Å²) in [6, 6.07) is 2.49. The average Bonchev–Trinajstić information content (AvgIpc) is 2.84. The molecule has 9 heteroatoms. The van der Waals surface area contributed by atoms with Gasteiger partial charge < -0.3 is 10.0 Å². The Morgan fingerprint density at radius 1 is 1.32 bits per heavy atom. The third-order valence-corrected chi connectivity index (χ3v) is 6.29. The zero-order chi connectivity index (χ0) is 17.9. The quantitative estimate of drug-likeness (QED) is 0.677. The number of hydrogen-bond donors (Lipinski definition) is 2. The Labute approximate surface area is 144 Å². The number of nitrogens with one attached hydrogen (secondary N) is 1. The Morgan fingerprint density at radius 2 is 2.00 bits per heavy atom. The Morgan fingerprint density at radius 3 is 2.60 bits per heavy atom. The number of phenols is 1. The van der Waals surface area contributed by atoms with E-state index in [9.17, 15) is 22.7 Å². The Hall–Kier alpha value is -2.31. The van der Waals surface area contributed by atoms with Crippen LogP contribution in [0, 0.1) is 35.4 Å². The number of anilines is 1. The molecule has 3 fully saturated rings. The molecule has 2 N–H and O–H groups in total. The van der Waals surface area contributed by atoms with Crippen molar-refractivity contribution in [1.82, 2.24) is 9.62 Å². The zero-order valence-electron chi connectivity index (χ0n) is 13.4. The van der Waals surface area contributed by atoms with Gasteiger partial charge in [-0.2, -0.15) is 8.42 Å². The average molecular weight is 365 g/mol. The maximum absolute atomic E-state index is 14.8. The van der Waals surface area contributed by atoms with Gasteiger partial charge >= 0.3 is 10.2 Å². The smallest absolute Gasteiger partial charge is 0.326 e. The maximum atomic E-state index is 14.8. The maximum Gasteiger partial charge on any atom is 0.326 e. The molecule has 1 aliphatic carbocycles. The minimum atomic E-state index is -4.21. The molecule has 1 amide bonds. The first kappa shape index (κ1) is 16.2. The van der Waals surface area contributed by atoms with E-state index in [0.717, 1.165) is 13.1 Å². The van der Waals surface area contributed by atoms with Gasteiger partial charge in [-0.1, -0.05) is 11.8 Å². The van der Waals surface area contributed by atoms with Gasteiger partial charge in [0.2, 0.25) is 0 Å². The second kappa shape index (κ2) is 5.34. The number of phenolic OH excluding ortho intramolecular Hbond substituents is 1. The molecular weight excluding hydrogens is 349 g/mol. The number of piperidine rings is 1. The van der Waals surface area contributed by atoms with Gasteiger partial charge in [0.25, 0.3) is 5.91 Å². The van der Waals surface area contributed by atoms with Gasteiger partial charge in [0.05, 0.1) is 5.56 Å². The molecule has 25 heavy (non-hydrogen) atoms. The van der Waals surface area contributed by atoms with E-state index in [4.69, 9.17) is 0 Å². The summed E-state index contributed by atoms with van der Waals surface area (Å²) >= 11 is 0. The zero-order valence-corrected chi connectivity index (χ0v) is 14.2. The van der Waals surface area contributed by atoms with E-state index in [-0.39, 0.29) is 11.5 Å². The normalized spacial score (nSPS) is 29.8. The molecule has 1 unspecified atom stereocenters. The number of nitrogens with zero attached hydrogens (tertiary/aromatic N) is 2. The number of amides is 1. The van der Waals surface area contributed by atoms with Crippen molar-refractivity contribution in [2.24, 2.45) is 17.8 Å². The summed E-state index contributed by atoms with van der Waals surface area (Å²) in [7, 11) is -2.16. The van der Waals surface area contributed by atoms with Crippen molar-refractivity contribution in [1.29, 1.82) is 0 Å². The molecule has 3 atom stereocenters. The lowest BCUT2D eigenvalue weighted by molar-refractivity contribution is -0.117. The summed E-state index contributed by atoms with van der Waals surface area (Å²) < 4.78 is 40.8. The van der Waals surface area contributed by atoms with Crippen molar-refractivity contribution in [2.45, 2.75) is 0 Å². The number of hydrogen-bond acceptors (Lipinski definition) is 5. The highest BCUT2D eigenvalue weighted by Crippen LogP contribution is 2.50. The highest BCUT2D eigenvalue weighted by Gasteiger charge is 2.54. The van der Waals surface area contributed by atoms with Crippen molar-refractivity contribution in [3.8, 4) is 17.6 Å². The van der Waals surface area contributed by atoms with Crippen LogP contribution in [-0.2, 0) is 15.0 Å². The minimum Gasteiger partial charge on any atom is -0.506 e. The highest BCUT2D eigenvalue weighted by molar-refractivity contribution is 7.92. The molecule has 7 nitrogen and oxygen atoms in total. The van der Waals surface area contributed by atoms with Crippen molar-refractivity contribution in [2.75, 3.05) is 31.0 Å². The Balaban J connectivity index is 1.65. The summed E-state index contributed by atoms with van der Waals surface area (Å²) in [5, 5.41) is 9.91. The number of fused-ring (bicyclic) bond motifs is 1. The van der Waals surface area contributed by atoms with Crippen LogP contribution in [0.1, 0.15) is 5.56 Å². The molecular formula is C16H16FN3O4S. The molecule has 0 aromatic heterocycles. The Kier molecular flexibility index (Phi) is 3.46. The monoisotopic (exact) mass is 365 g/mol. The molecule has 0 radical (unpaired) electrons. The summed E-state index contributed by atoms with van der Waals surface area (Å²) in [5.41, 5.74) is -0.554. The van der Waals surface area contributed by atoms with Crippen molar-refractivity contribution < 1.29 is 22.7 Å². The number of carbonyl (C=O) groups excluding carboxylic acids is 1. The van der Waals surface area contributed by atoms with E-state index in [0.29, 0.717) is 16.1 Å². The lowest BCUT2D eigenvalue weighted by atomic mass is 10.1. The van der Waals surface area contributed by atoms with E-state index in [1.807, 2.05) is 7.05 Å². The van der Waals surface area contributed by atoms with Crippen LogP contribution in [0.2, 0.25) is 0 Å². The van der Waals surface area contributed by atoms with E-state index in [1.54, 1.807) is 4.72 Å². The summed E-state index contributed by atoms with van der Waals surface area (Å²) in [4.78, 5) is 13.6. The molecule has 132 valence electrons. The summed E-state index contributed by atoms with van der Waals surface area (Å²) in [5.74, 6) is 4.78. The van der Waals surface area contributed by atoms with Crippen LogP contribution in [0.25, 0.3) is 0 Å². The topological polar surface area (TPSA) is 89.9 Å². The van der Waals surface area contributed by atoms with Crippen LogP contribution in [0.4, 0.5) is 10.1 Å². The van der Waals surface area contributed by atoms with Crippen LogP contribution in [0.5, 0.6) is 5.75 Å².